The van der Waals surface area contributed by atoms with Crippen LogP contribution >= 0.6 is 11.6 Å². The van der Waals surface area contributed by atoms with Crippen LogP contribution in [-0.2, 0) is 6.42 Å². The first-order valence-corrected chi connectivity index (χ1v) is 8.07. The lowest BCUT2D eigenvalue weighted by Gasteiger charge is -2.38. The summed E-state index contributed by atoms with van der Waals surface area (Å²) in [6, 6.07) is 7.49. The van der Waals surface area contributed by atoms with Crippen LogP contribution in [0.25, 0.3) is 0 Å². The van der Waals surface area contributed by atoms with Crippen LogP contribution in [0.1, 0.15) is 36.8 Å². The summed E-state index contributed by atoms with van der Waals surface area (Å²) in [5, 5.41) is 11.4. The second kappa shape index (κ2) is 5.67. The lowest BCUT2D eigenvalue weighted by molar-refractivity contribution is 0.0368. The van der Waals surface area contributed by atoms with Gasteiger partial charge in [0.25, 0.3) is 0 Å². The van der Waals surface area contributed by atoms with Crippen LogP contribution in [0.3, 0.4) is 0 Å². The molecule has 2 heterocycles. The van der Waals surface area contributed by atoms with Crippen molar-refractivity contribution < 1.29 is 5.11 Å². The number of rotatable bonds is 3. The molecular formula is C17H24ClNO. The quantitative estimate of drug-likeness (QED) is 0.923. The zero-order valence-electron chi connectivity index (χ0n) is 12.3. The molecule has 3 rings (SSSR count). The highest BCUT2D eigenvalue weighted by molar-refractivity contribution is 6.31. The fraction of sp³-hybridized carbons (Fsp3) is 0.647. The van der Waals surface area contributed by atoms with Crippen molar-refractivity contribution >= 4 is 11.6 Å². The number of fused-ring (bicyclic) bond motifs is 2. The Morgan fingerprint density at radius 1 is 1.30 bits per heavy atom. The van der Waals surface area contributed by atoms with Crippen molar-refractivity contribution in [3.8, 4) is 0 Å². The Kier molecular flexibility index (Phi) is 4.07. The predicted molar refractivity (Wildman–Crippen MR) is 83.2 cm³/mol. The lowest BCUT2D eigenvalue weighted by Crippen LogP contribution is -2.43. The van der Waals surface area contributed by atoms with Crippen LogP contribution in [0.5, 0.6) is 0 Å². The minimum Gasteiger partial charge on any atom is -0.392 e. The van der Waals surface area contributed by atoms with E-state index >= 15 is 0 Å². The Morgan fingerprint density at radius 3 is 2.55 bits per heavy atom. The maximum Gasteiger partial charge on any atom is 0.0610 e. The summed E-state index contributed by atoms with van der Waals surface area (Å²) in [7, 11) is 2.24. The Bertz CT molecular complexity index is 476. The van der Waals surface area contributed by atoms with E-state index in [1.54, 1.807) is 0 Å². The van der Waals surface area contributed by atoms with Gasteiger partial charge in [-0.1, -0.05) is 23.7 Å². The van der Waals surface area contributed by atoms with E-state index in [-0.39, 0.29) is 6.10 Å². The van der Waals surface area contributed by atoms with Gasteiger partial charge in [0.05, 0.1) is 6.10 Å². The molecule has 20 heavy (non-hydrogen) atoms. The molecule has 0 saturated carbocycles. The average molecular weight is 294 g/mol. The molecule has 0 aliphatic carbocycles. The van der Waals surface area contributed by atoms with Crippen molar-refractivity contribution in [2.75, 3.05) is 7.05 Å². The SMILES string of the molecule is Cc1ccc(CC(O)C2CC3CCC(C2)N3C)c(Cl)c1. The molecule has 0 amide bonds. The molecule has 1 N–H and O–H groups in total. The number of nitrogens with zero attached hydrogens (tertiary/aromatic N) is 1. The van der Waals surface area contributed by atoms with E-state index in [2.05, 4.69) is 24.1 Å². The van der Waals surface area contributed by atoms with Crippen LogP contribution in [0.2, 0.25) is 5.02 Å². The van der Waals surface area contributed by atoms with Crippen LogP contribution in [0.4, 0.5) is 0 Å². The van der Waals surface area contributed by atoms with Gasteiger partial charge >= 0.3 is 0 Å². The fourth-order valence-electron chi connectivity index (χ4n) is 3.98. The van der Waals surface area contributed by atoms with Crippen molar-refractivity contribution in [1.29, 1.82) is 0 Å². The van der Waals surface area contributed by atoms with Gasteiger partial charge in [-0.25, -0.2) is 0 Å². The number of aliphatic hydroxyl groups excluding tert-OH is 1. The highest BCUT2D eigenvalue weighted by Crippen LogP contribution is 2.39. The molecule has 2 nitrogen and oxygen atoms in total. The van der Waals surface area contributed by atoms with Gasteiger partial charge < -0.3 is 10.0 Å². The molecule has 1 aromatic carbocycles. The number of aliphatic hydroxyl groups is 1. The van der Waals surface area contributed by atoms with Gasteiger partial charge in [0.1, 0.15) is 0 Å². The Balaban J connectivity index is 1.66. The second-order valence-corrected chi connectivity index (χ2v) is 7.06. The first kappa shape index (κ1) is 14.4. The highest BCUT2D eigenvalue weighted by atomic mass is 35.5. The summed E-state index contributed by atoms with van der Waals surface area (Å²) >= 11 is 6.29. The third kappa shape index (κ3) is 2.74. The Labute approximate surface area is 126 Å². The molecule has 110 valence electrons. The molecule has 2 bridgehead atoms. The normalized spacial score (nSPS) is 31.5. The third-order valence-corrected chi connectivity index (χ3v) is 5.67. The van der Waals surface area contributed by atoms with Gasteiger partial charge in [-0.15, -0.1) is 0 Å². The molecule has 2 fully saturated rings. The Morgan fingerprint density at radius 2 is 1.95 bits per heavy atom. The van der Waals surface area contributed by atoms with Gasteiger partial charge in [-0.2, -0.15) is 0 Å². The molecular weight excluding hydrogens is 270 g/mol. The number of aryl methyl sites for hydroxylation is 1. The summed E-state index contributed by atoms with van der Waals surface area (Å²) < 4.78 is 0. The maximum absolute atomic E-state index is 10.6. The average Bonchev–Trinajstić information content (AvgIpc) is 2.64. The summed E-state index contributed by atoms with van der Waals surface area (Å²) in [5.74, 6) is 0.432. The summed E-state index contributed by atoms with van der Waals surface area (Å²) in [6.45, 7) is 2.04. The van der Waals surface area contributed by atoms with Gasteiger partial charge in [-0.05, 0) is 62.8 Å². The first-order valence-electron chi connectivity index (χ1n) is 7.69. The summed E-state index contributed by atoms with van der Waals surface area (Å²) in [4.78, 5) is 2.52. The van der Waals surface area contributed by atoms with E-state index in [9.17, 15) is 5.11 Å². The predicted octanol–water partition coefficient (Wildman–Crippen LogP) is 3.42. The van der Waals surface area contributed by atoms with Crippen LogP contribution in [0, 0.1) is 12.8 Å². The monoisotopic (exact) mass is 293 g/mol. The lowest BCUT2D eigenvalue weighted by atomic mass is 9.84. The Hall–Kier alpha value is -0.570. The minimum absolute atomic E-state index is 0.257. The number of halogens is 1. The molecule has 3 heteroatoms. The fourth-order valence-corrected chi connectivity index (χ4v) is 4.29. The van der Waals surface area contributed by atoms with Crippen molar-refractivity contribution in [1.82, 2.24) is 4.90 Å². The van der Waals surface area contributed by atoms with E-state index in [0.29, 0.717) is 24.4 Å². The van der Waals surface area contributed by atoms with E-state index < -0.39 is 0 Å². The van der Waals surface area contributed by atoms with Gasteiger partial charge in [0.2, 0.25) is 0 Å². The molecule has 2 aliphatic heterocycles. The van der Waals surface area contributed by atoms with E-state index in [1.807, 2.05) is 13.0 Å². The number of benzene rings is 1. The van der Waals surface area contributed by atoms with E-state index in [0.717, 1.165) is 23.4 Å². The van der Waals surface area contributed by atoms with Gasteiger partial charge in [0, 0.05) is 23.5 Å². The van der Waals surface area contributed by atoms with E-state index in [4.69, 9.17) is 11.6 Å². The molecule has 2 saturated heterocycles. The van der Waals surface area contributed by atoms with Crippen LogP contribution < -0.4 is 0 Å². The van der Waals surface area contributed by atoms with Crippen LogP contribution in [0.15, 0.2) is 18.2 Å². The van der Waals surface area contributed by atoms with Gasteiger partial charge in [0.15, 0.2) is 0 Å². The molecule has 2 aliphatic rings. The van der Waals surface area contributed by atoms with Crippen LogP contribution in [-0.4, -0.2) is 35.2 Å². The molecule has 0 spiro atoms. The number of hydrogen-bond acceptors (Lipinski definition) is 2. The number of piperidine rings is 1. The largest absolute Gasteiger partial charge is 0.392 e. The minimum atomic E-state index is -0.257. The third-order valence-electron chi connectivity index (χ3n) is 5.32. The standard InChI is InChI=1S/C17H24ClNO/c1-11-3-4-12(16(18)7-11)10-17(20)13-8-14-5-6-15(9-13)19(14)2/h3-4,7,13-15,17,20H,5-6,8-10H2,1-2H3. The topological polar surface area (TPSA) is 23.5 Å². The van der Waals surface area contributed by atoms with Crippen molar-refractivity contribution in [3.05, 3.63) is 34.3 Å². The molecule has 0 radical (unpaired) electrons. The van der Waals surface area contributed by atoms with Crippen molar-refractivity contribution in [2.24, 2.45) is 5.92 Å². The summed E-state index contributed by atoms with van der Waals surface area (Å²) in [6.07, 6.45) is 5.31. The van der Waals surface area contributed by atoms with Gasteiger partial charge in [-0.3, -0.25) is 0 Å². The summed E-state index contributed by atoms with van der Waals surface area (Å²) in [5.41, 5.74) is 2.25. The second-order valence-electron chi connectivity index (χ2n) is 6.65. The molecule has 3 atom stereocenters. The zero-order chi connectivity index (χ0) is 14.3. The molecule has 0 aromatic heterocycles. The zero-order valence-corrected chi connectivity index (χ0v) is 13.1. The highest BCUT2D eigenvalue weighted by Gasteiger charge is 2.40. The van der Waals surface area contributed by atoms with Crippen molar-refractivity contribution in [2.45, 2.75) is 57.2 Å². The molecule has 3 unspecified atom stereocenters. The number of hydrogen-bond donors (Lipinski definition) is 1. The maximum atomic E-state index is 10.6. The van der Waals surface area contributed by atoms with Crippen molar-refractivity contribution in [3.63, 3.8) is 0 Å². The smallest absolute Gasteiger partial charge is 0.0610 e. The van der Waals surface area contributed by atoms with E-state index in [1.165, 1.54) is 18.4 Å². The molecule has 1 aromatic rings. The first-order chi connectivity index (χ1) is 9.54.